The molecule has 3 N–H and O–H groups in total. The Morgan fingerprint density at radius 3 is 2.41 bits per heavy atom. The first kappa shape index (κ1) is 15.3. The van der Waals surface area contributed by atoms with E-state index in [1.54, 1.807) is 18.2 Å². The number of benzene rings is 1. The molecule has 0 bridgehead atoms. The van der Waals surface area contributed by atoms with E-state index in [4.69, 9.17) is 10.2 Å². The van der Waals surface area contributed by atoms with Crippen molar-refractivity contribution in [1.82, 2.24) is 4.90 Å². The molecule has 7 heteroatoms. The van der Waals surface area contributed by atoms with Crippen molar-refractivity contribution < 1.29 is 18.8 Å². The van der Waals surface area contributed by atoms with Crippen molar-refractivity contribution in [2.45, 2.75) is 0 Å². The van der Waals surface area contributed by atoms with E-state index in [1.165, 1.54) is 36.4 Å². The first-order valence-corrected chi connectivity index (χ1v) is 6.46. The van der Waals surface area contributed by atoms with E-state index in [0.717, 1.165) is 0 Å². The van der Waals surface area contributed by atoms with Gasteiger partial charge in [0, 0.05) is 18.3 Å². The Balaban J connectivity index is 1.92. The number of hydrogen-bond acceptors (Lipinski definition) is 4. The van der Waals surface area contributed by atoms with Gasteiger partial charge < -0.3 is 20.4 Å². The van der Waals surface area contributed by atoms with Crippen LogP contribution in [0.1, 0.15) is 20.9 Å². The minimum absolute atomic E-state index is 0.128. The van der Waals surface area contributed by atoms with E-state index in [9.17, 15) is 14.4 Å². The van der Waals surface area contributed by atoms with E-state index in [0.29, 0.717) is 11.3 Å². The van der Waals surface area contributed by atoms with E-state index in [2.05, 4.69) is 5.32 Å². The van der Waals surface area contributed by atoms with E-state index < -0.39 is 5.91 Å². The van der Waals surface area contributed by atoms with Gasteiger partial charge in [0.15, 0.2) is 5.76 Å². The number of anilines is 1. The summed E-state index contributed by atoms with van der Waals surface area (Å²) in [4.78, 5) is 36.0. The number of likely N-dealkylation sites (N-methyl/N-ethyl adjacent to an activating group) is 1. The summed E-state index contributed by atoms with van der Waals surface area (Å²) < 4.78 is 4.99. The molecule has 0 aliphatic carbocycles. The van der Waals surface area contributed by atoms with Crippen molar-refractivity contribution in [3.05, 3.63) is 54.0 Å². The number of primary amides is 1. The molecule has 0 saturated heterocycles. The highest BCUT2D eigenvalue weighted by Crippen LogP contribution is 2.09. The third-order valence-electron chi connectivity index (χ3n) is 2.91. The Bertz CT molecular complexity index is 677. The number of furan rings is 1. The highest BCUT2D eigenvalue weighted by molar-refractivity contribution is 5.98. The van der Waals surface area contributed by atoms with E-state index in [-0.39, 0.29) is 24.1 Å². The number of rotatable bonds is 5. The van der Waals surface area contributed by atoms with Gasteiger partial charge in [-0.15, -0.1) is 0 Å². The molecule has 3 amide bonds. The number of hydrogen-bond donors (Lipinski definition) is 2. The predicted octanol–water partition coefficient (Wildman–Crippen LogP) is 1.09. The van der Waals surface area contributed by atoms with Crippen molar-refractivity contribution in [2.24, 2.45) is 5.73 Å². The van der Waals surface area contributed by atoms with Crippen LogP contribution >= 0.6 is 0 Å². The molecule has 0 radical (unpaired) electrons. The van der Waals surface area contributed by atoms with Crippen molar-refractivity contribution in [3.63, 3.8) is 0 Å². The Labute approximate surface area is 126 Å². The molecule has 0 spiro atoms. The first-order valence-electron chi connectivity index (χ1n) is 6.46. The number of amides is 3. The van der Waals surface area contributed by atoms with Crippen LogP contribution in [0.4, 0.5) is 5.69 Å². The van der Waals surface area contributed by atoms with Crippen molar-refractivity contribution in [2.75, 3.05) is 18.9 Å². The number of carbonyl (C=O) groups excluding carboxylic acids is 3. The van der Waals surface area contributed by atoms with Crippen LogP contribution in [0.5, 0.6) is 0 Å². The van der Waals surface area contributed by atoms with Crippen molar-refractivity contribution >= 4 is 23.4 Å². The second-order valence-electron chi connectivity index (χ2n) is 4.63. The van der Waals surface area contributed by atoms with Gasteiger partial charge in [-0.25, -0.2) is 0 Å². The van der Waals surface area contributed by atoms with Gasteiger partial charge in [0.25, 0.3) is 5.91 Å². The summed E-state index contributed by atoms with van der Waals surface area (Å²) in [6, 6.07) is 9.27. The standard InChI is InChI=1S/C15H15N3O4/c1-18(15(21)12-3-2-8-22-12)9-13(19)17-11-6-4-10(5-7-11)14(16)20/h2-8H,9H2,1H3,(H2,16,20)(H,17,19). The molecule has 0 atom stereocenters. The minimum atomic E-state index is -0.540. The molecule has 2 aromatic rings. The molecule has 0 aliphatic heterocycles. The average Bonchev–Trinajstić information content (AvgIpc) is 3.00. The molecule has 0 saturated carbocycles. The zero-order valence-corrected chi connectivity index (χ0v) is 11.9. The fraction of sp³-hybridized carbons (Fsp3) is 0.133. The van der Waals surface area contributed by atoms with Crippen LogP contribution in [-0.4, -0.2) is 36.2 Å². The van der Waals surface area contributed by atoms with Crippen LogP contribution in [-0.2, 0) is 4.79 Å². The second kappa shape index (κ2) is 6.57. The zero-order chi connectivity index (χ0) is 16.1. The third-order valence-corrected chi connectivity index (χ3v) is 2.91. The summed E-state index contributed by atoms with van der Waals surface area (Å²) in [5.74, 6) is -1.12. The first-order chi connectivity index (χ1) is 10.5. The van der Waals surface area contributed by atoms with Crippen LogP contribution in [0.2, 0.25) is 0 Å². The van der Waals surface area contributed by atoms with Crippen LogP contribution < -0.4 is 11.1 Å². The monoisotopic (exact) mass is 301 g/mol. The molecular formula is C15H15N3O4. The summed E-state index contributed by atoms with van der Waals surface area (Å²) in [5.41, 5.74) is 5.99. The predicted molar refractivity (Wildman–Crippen MR) is 79.3 cm³/mol. The van der Waals surface area contributed by atoms with Crippen LogP contribution in [0.3, 0.4) is 0 Å². The van der Waals surface area contributed by atoms with Gasteiger partial charge in [0.05, 0.1) is 12.8 Å². The molecule has 22 heavy (non-hydrogen) atoms. The molecule has 1 heterocycles. The maximum atomic E-state index is 11.9. The van der Waals surface area contributed by atoms with Crippen LogP contribution in [0.15, 0.2) is 47.1 Å². The maximum Gasteiger partial charge on any atom is 0.289 e. The molecule has 1 aromatic heterocycles. The summed E-state index contributed by atoms with van der Waals surface area (Å²) in [7, 11) is 1.50. The number of carbonyl (C=O) groups is 3. The third kappa shape index (κ3) is 3.72. The number of nitrogens with two attached hydrogens (primary N) is 1. The fourth-order valence-corrected chi connectivity index (χ4v) is 1.79. The summed E-state index contributed by atoms with van der Waals surface area (Å²) in [6.07, 6.45) is 1.39. The second-order valence-corrected chi connectivity index (χ2v) is 4.63. The smallest absolute Gasteiger partial charge is 0.289 e. The van der Waals surface area contributed by atoms with Gasteiger partial charge in [-0.3, -0.25) is 14.4 Å². The molecule has 114 valence electrons. The average molecular weight is 301 g/mol. The normalized spacial score (nSPS) is 10.0. The number of nitrogens with zero attached hydrogens (tertiary/aromatic N) is 1. The highest BCUT2D eigenvalue weighted by atomic mass is 16.3. The fourth-order valence-electron chi connectivity index (χ4n) is 1.79. The summed E-state index contributed by atoms with van der Waals surface area (Å²) in [6.45, 7) is -0.128. The summed E-state index contributed by atoms with van der Waals surface area (Å²) in [5, 5.41) is 2.62. The van der Waals surface area contributed by atoms with Gasteiger partial charge in [-0.05, 0) is 36.4 Å². The van der Waals surface area contributed by atoms with Crippen molar-refractivity contribution in [1.29, 1.82) is 0 Å². The number of nitrogens with one attached hydrogen (secondary N) is 1. The van der Waals surface area contributed by atoms with Crippen LogP contribution in [0.25, 0.3) is 0 Å². The molecule has 1 aromatic carbocycles. The molecular weight excluding hydrogens is 286 g/mol. The lowest BCUT2D eigenvalue weighted by Gasteiger charge is -2.15. The quantitative estimate of drug-likeness (QED) is 0.862. The van der Waals surface area contributed by atoms with Crippen molar-refractivity contribution in [3.8, 4) is 0 Å². The lowest BCUT2D eigenvalue weighted by atomic mass is 10.2. The topological polar surface area (TPSA) is 106 Å². The minimum Gasteiger partial charge on any atom is -0.459 e. The zero-order valence-electron chi connectivity index (χ0n) is 11.9. The molecule has 0 fully saturated rings. The summed E-state index contributed by atoms with van der Waals surface area (Å²) >= 11 is 0. The van der Waals surface area contributed by atoms with Gasteiger partial charge in [0.1, 0.15) is 0 Å². The SMILES string of the molecule is CN(CC(=O)Nc1ccc(C(N)=O)cc1)C(=O)c1ccco1. The van der Waals surface area contributed by atoms with Gasteiger partial charge >= 0.3 is 0 Å². The Morgan fingerprint density at radius 1 is 1.18 bits per heavy atom. The Hall–Kier alpha value is -3.09. The molecule has 2 rings (SSSR count). The van der Waals surface area contributed by atoms with E-state index >= 15 is 0 Å². The van der Waals surface area contributed by atoms with Gasteiger partial charge in [-0.1, -0.05) is 0 Å². The van der Waals surface area contributed by atoms with Gasteiger partial charge in [0.2, 0.25) is 11.8 Å². The van der Waals surface area contributed by atoms with Crippen LogP contribution in [0, 0.1) is 0 Å². The molecule has 0 unspecified atom stereocenters. The largest absolute Gasteiger partial charge is 0.459 e. The molecule has 0 aliphatic rings. The lowest BCUT2D eigenvalue weighted by Crippen LogP contribution is -2.34. The Morgan fingerprint density at radius 2 is 1.86 bits per heavy atom. The highest BCUT2D eigenvalue weighted by Gasteiger charge is 2.17. The van der Waals surface area contributed by atoms with E-state index in [1.807, 2.05) is 0 Å². The molecule has 7 nitrogen and oxygen atoms in total. The Kier molecular flexibility index (Phi) is 4.57. The maximum absolute atomic E-state index is 11.9. The van der Waals surface area contributed by atoms with Gasteiger partial charge in [-0.2, -0.15) is 0 Å². The lowest BCUT2D eigenvalue weighted by molar-refractivity contribution is -0.116.